The molecule has 0 radical (unpaired) electrons. The summed E-state index contributed by atoms with van der Waals surface area (Å²) in [5.74, 6) is 0.110. The van der Waals surface area contributed by atoms with Crippen LogP contribution in [0.15, 0.2) is 48.5 Å². The van der Waals surface area contributed by atoms with Gasteiger partial charge >= 0.3 is 0 Å². The van der Waals surface area contributed by atoms with E-state index in [2.05, 4.69) is 64.1 Å². The van der Waals surface area contributed by atoms with E-state index in [9.17, 15) is 4.79 Å². The predicted octanol–water partition coefficient (Wildman–Crippen LogP) is 3.73. The van der Waals surface area contributed by atoms with Crippen LogP contribution in [0.2, 0.25) is 0 Å². The first kappa shape index (κ1) is 25.5. The first-order valence-corrected chi connectivity index (χ1v) is 10.6. The molecule has 2 aromatic rings. The number of para-hydroxylation sites is 1. The Kier molecular flexibility index (Phi) is 9.63. The molecule has 2 aliphatic heterocycles. The monoisotopic (exact) mass is 465 g/mol. The lowest BCUT2D eigenvalue weighted by molar-refractivity contribution is -0.136. The van der Waals surface area contributed by atoms with Gasteiger partial charge in [0.25, 0.3) is 0 Å². The molecule has 0 bridgehead atoms. The number of nitrogens with zero attached hydrogens (tertiary/aromatic N) is 1. The summed E-state index contributed by atoms with van der Waals surface area (Å²) >= 11 is 0. The summed E-state index contributed by atoms with van der Waals surface area (Å²) in [4.78, 5) is 15.3. The van der Waals surface area contributed by atoms with E-state index in [0.717, 1.165) is 51.0 Å². The predicted molar refractivity (Wildman–Crippen MR) is 130 cm³/mol. The van der Waals surface area contributed by atoms with Crippen molar-refractivity contribution in [1.82, 2.24) is 10.6 Å². The van der Waals surface area contributed by atoms with Gasteiger partial charge in [-0.2, -0.15) is 0 Å². The highest BCUT2D eigenvalue weighted by atomic mass is 35.5. The minimum atomic E-state index is -0.400. The number of ether oxygens (including phenoxy) is 1. The van der Waals surface area contributed by atoms with Crippen molar-refractivity contribution in [1.29, 1.82) is 0 Å². The molecule has 170 valence electrons. The highest BCUT2D eigenvalue weighted by molar-refractivity contribution is 5.85. The van der Waals surface area contributed by atoms with E-state index in [-0.39, 0.29) is 30.7 Å². The number of rotatable bonds is 7. The Labute approximate surface area is 197 Å². The molecule has 0 saturated carbocycles. The minimum absolute atomic E-state index is 0. The van der Waals surface area contributed by atoms with Gasteiger partial charge in [0.1, 0.15) is 0 Å². The molecule has 1 amide bonds. The molecule has 2 N–H and O–H groups in total. The van der Waals surface area contributed by atoms with Gasteiger partial charge in [0.2, 0.25) is 5.91 Å². The van der Waals surface area contributed by atoms with Gasteiger partial charge in [-0.05, 0) is 55.1 Å². The van der Waals surface area contributed by atoms with Crippen molar-refractivity contribution in [3.05, 3.63) is 65.2 Å². The number of fused-ring (bicyclic) bond motifs is 1. The number of carbonyl (C=O) groups excluding carboxylic acids is 1. The number of piperidine rings is 1. The second-order valence-corrected chi connectivity index (χ2v) is 8.26. The standard InChI is InChI=1S/C24H31N3O2.2ClH/c1-29-18-24(11-13-25-14-12-24)23(28)26-16-19-6-8-20(9-7-19)17-27-15-10-21-4-2-3-5-22(21)27;;/h2-9,25H,10-18H2,1H3,(H,26,28);2*1H. The average molecular weight is 466 g/mol. The van der Waals surface area contributed by atoms with Crippen molar-refractivity contribution in [2.24, 2.45) is 5.41 Å². The molecule has 2 aliphatic rings. The van der Waals surface area contributed by atoms with Crippen LogP contribution in [0, 0.1) is 5.41 Å². The fourth-order valence-electron chi connectivity index (χ4n) is 4.54. The lowest BCUT2D eigenvalue weighted by Gasteiger charge is -2.35. The van der Waals surface area contributed by atoms with Crippen LogP contribution in [0.4, 0.5) is 5.69 Å². The van der Waals surface area contributed by atoms with Crippen LogP contribution >= 0.6 is 24.8 Å². The molecule has 1 saturated heterocycles. The fourth-order valence-corrected chi connectivity index (χ4v) is 4.54. The molecule has 4 rings (SSSR count). The van der Waals surface area contributed by atoms with Gasteiger partial charge in [-0.15, -0.1) is 24.8 Å². The first-order chi connectivity index (χ1) is 14.2. The molecular formula is C24H33Cl2N3O2. The summed E-state index contributed by atoms with van der Waals surface area (Å²) in [6.45, 7) is 4.78. The van der Waals surface area contributed by atoms with Gasteiger partial charge in [0, 0.05) is 32.4 Å². The Morgan fingerprint density at radius 3 is 2.45 bits per heavy atom. The van der Waals surface area contributed by atoms with E-state index >= 15 is 0 Å². The molecule has 0 spiro atoms. The summed E-state index contributed by atoms with van der Waals surface area (Å²) in [7, 11) is 1.68. The molecule has 7 heteroatoms. The summed E-state index contributed by atoms with van der Waals surface area (Å²) in [6, 6.07) is 17.3. The average Bonchev–Trinajstić information content (AvgIpc) is 3.17. The molecule has 0 atom stereocenters. The highest BCUT2D eigenvalue weighted by Crippen LogP contribution is 2.30. The SMILES string of the molecule is COCC1(C(=O)NCc2ccc(CN3CCc4ccccc43)cc2)CCNCC1.Cl.Cl. The van der Waals surface area contributed by atoms with Crippen LogP contribution in [0.25, 0.3) is 0 Å². The van der Waals surface area contributed by atoms with Gasteiger partial charge < -0.3 is 20.3 Å². The van der Waals surface area contributed by atoms with Gasteiger partial charge in [0.05, 0.1) is 12.0 Å². The number of hydrogen-bond donors (Lipinski definition) is 2. The summed E-state index contributed by atoms with van der Waals surface area (Å²) < 4.78 is 5.37. The van der Waals surface area contributed by atoms with E-state index in [1.807, 2.05) is 0 Å². The zero-order chi connectivity index (χ0) is 20.1. The van der Waals surface area contributed by atoms with Gasteiger partial charge in [0.15, 0.2) is 0 Å². The van der Waals surface area contributed by atoms with Gasteiger partial charge in [-0.1, -0.05) is 42.5 Å². The van der Waals surface area contributed by atoms with E-state index in [1.54, 1.807) is 7.11 Å². The number of carbonyl (C=O) groups is 1. The molecule has 5 nitrogen and oxygen atoms in total. The van der Waals surface area contributed by atoms with Crippen LogP contribution in [0.1, 0.15) is 29.5 Å². The van der Waals surface area contributed by atoms with Crippen LogP contribution in [-0.2, 0) is 29.0 Å². The number of anilines is 1. The van der Waals surface area contributed by atoms with Crippen LogP contribution in [-0.4, -0.2) is 39.3 Å². The van der Waals surface area contributed by atoms with Crippen molar-refractivity contribution >= 4 is 36.4 Å². The molecular weight excluding hydrogens is 433 g/mol. The molecule has 2 heterocycles. The fraction of sp³-hybridized carbons (Fsp3) is 0.458. The lowest BCUT2D eigenvalue weighted by Crippen LogP contribution is -2.49. The highest BCUT2D eigenvalue weighted by Gasteiger charge is 2.39. The van der Waals surface area contributed by atoms with Crippen molar-refractivity contribution in [2.45, 2.75) is 32.4 Å². The zero-order valence-corrected chi connectivity index (χ0v) is 19.7. The van der Waals surface area contributed by atoms with Gasteiger partial charge in [-0.25, -0.2) is 0 Å². The minimum Gasteiger partial charge on any atom is -0.384 e. The molecule has 31 heavy (non-hydrogen) atoms. The first-order valence-electron chi connectivity index (χ1n) is 10.6. The largest absolute Gasteiger partial charge is 0.384 e. The topological polar surface area (TPSA) is 53.6 Å². The second-order valence-electron chi connectivity index (χ2n) is 8.26. The maximum absolute atomic E-state index is 12.9. The van der Waals surface area contributed by atoms with E-state index in [1.165, 1.54) is 16.8 Å². The van der Waals surface area contributed by atoms with Crippen LogP contribution < -0.4 is 15.5 Å². The zero-order valence-electron chi connectivity index (χ0n) is 18.1. The van der Waals surface area contributed by atoms with E-state index in [0.29, 0.717) is 13.2 Å². The summed E-state index contributed by atoms with van der Waals surface area (Å²) in [5, 5.41) is 6.47. The number of halogens is 2. The van der Waals surface area contributed by atoms with E-state index < -0.39 is 5.41 Å². The van der Waals surface area contributed by atoms with Crippen molar-refractivity contribution < 1.29 is 9.53 Å². The number of amides is 1. The maximum Gasteiger partial charge on any atom is 0.228 e. The second kappa shape index (κ2) is 11.7. The third-order valence-electron chi connectivity index (χ3n) is 6.30. The van der Waals surface area contributed by atoms with Crippen molar-refractivity contribution in [2.75, 3.05) is 38.3 Å². The number of nitrogens with one attached hydrogen (secondary N) is 2. The Morgan fingerprint density at radius 2 is 1.74 bits per heavy atom. The smallest absolute Gasteiger partial charge is 0.228 e. The third kappa shape index (κ3) is 5.92. The maximum atomic E-state index is 12.9. The van der Waals surface area contributed by atoms with E-state index in [4.69, 9.17) is 4.74 Å². The number of methoxy groups -OCH3 is 1. The molecule has 0 aliphatic carbocycles. The quantitative estimate of drug-likeness (QED) is 0.653. The molecule has 1 fully saturated rings. The Balaban J connectivity index is 0.00000171. The summed E-state index contributed by atoms with van der Waals surface area (Å²) in [6.07, 6.45) is 2.77. The molecule has 0 unspecified atom stereocenters. The number of benzene rings is 2. The van der Waals surface area contributed by atoms with Crippen LogP contribution in [0.5, 0.6) is 0 Å². The van der Waals surface area contributed by atoms with Crippen molar-refractivity contribution in [3.63, 3.8) is 0 Å². The third-order valence-corrected chi connectivity index (χ3v) is 6.30. The normalized spacial score (nSPS) is 16.6. The van der Waals surface area contributed by atoms with Gasteiger partial charge in [-0.3, -0.25) is 4.79 Å². The number of hydrogen-bond acceptors (Lipinski definition) is 4. The molecule has 2 aromatic carbocycles. The lowest BCUT2D eigenvalue weighted by atomic mass is 9.78. The van der Waals surface area contributed by atoms with Crippen LogP contribution in [0.3, 0.4) is 0 Å². The van der Waals surface area contributed by atoms with Crippen molar-refractivity contribution in [3.8, 4) is 0 Å². The molecule has 0 aromatic heterocycles. The Morgan fingerprint density at radius 1 is 1.06 bits per heavy atom. The Hall–Kier alpha value is -1.79. The summed E-state index contributed by atoms with van der Waals surface area (Å²) in [5.41, 5.74) is 4.82. The Bertz CT molecular complexity index is 833.